The molecular weight excluding hydrogens is 491 g/mol. The van der Waals surface area contributed by atoms with Gasteiger partial charge in [-0.25, -0.2) is 0 Å². The molecule has 1 amide bonds. The second-order valence-corrected chi connectivity index (χ2v) is 9.23. The van der Waals surface area contributed by atoms with E-state index in [2.05, 4.69) is 27.6 Å². The molecule has 0 bridgehead atoms. The molecule has 0 saturated heterocycles. The number of amides is 1. The van der Waals surface area contributed by atoms with Crippen molar-refractivity contribution < 1.29 is 9.53 Å². The summed E-state index contributed by atoms with van der Waals surface area (Å²) in [5.41, 5.74) is 2.27. The maximum Gasteiger partial charge on any atom is 0.255 e. The molecule has 0 aliphatic rings. The van der Waals surface area contributed by atoms with Gasteiger partial charge in [0, 0.05) is 10.8 Å². The number of hydrogen-bond acceptors (Lipinski definition) is 5. The minimum atomic E-state index is -0.470. The number of rotatable bonds is 8. The number of para-hydroxylation sites is 1. The van der Waals surface area contributed by atoms with Crippen LogP contribution >= 0.6 is 35.0 Å². The average molecular weight is 513 g/mol. The summed E-state index contributed by atoms with van der Waals surface area (Å²) in [6.07, 6.45) is 0. The van der Waals surface area contributed by atoms with E-state index in [0.717, 1.165) is 5.56 Å². The van der Waals surface area contributed by atoms with Gasteiger partial charge in [-0.3, -0.25) is 9.36 Å². The molecule has 9 heteroatoms. The zero-order valence-corrected chi connectivity index (χ0v) is 20.9. The Bertz CT molecular complexity index is 1300. The van der Waals surface area contributed by atoms with Gasteiger partial charge in [0.05, 0.1) is 29.4 Å². The molecule has 1 N–H and O–H groups in total. The molecule has 1 atom stereocenters. The fraction of sp³-hybridized carbons (Fsp3) is 0.160. The Morgan fingerprint density at radius 2 is 1.79 bits per heavy atom. The van der Waals surface area contributed by atoms with Gasteiger partial charge in [-0.1, -0.05) is 77.4 Å². The van der Waals surface area contributed by atoms with Crippen molar-refractivity contribution in [3.63, 3.8) is 0 Å². The first kappa shape index (κ1) is 24.1. The number of ether oxygens (including phenoxy) is 1. The first-order chi connectivity index (χ1) is 16.5. The first-order valence-electron chi connectivity index (χ1n) is 10.5. The van der Waals surface area contributed by atoms with Gasteiger partial charge in [0.2, 0.25) is 0 Å². The summed E-state index contributed by atoms with van der Waals surface area (Å²) < 4.78 is 7.19. The molecule has 0 fully saturated rings. The Morgan fingerprint density at radius 1 is 1.06 bits per heavy atom. The van der Waals surface area contributed by atoms with Gasteiger partial charge in [-0.15, -0.1) is 10.2 Å². The van der Waals surface area contributed by atoms with E-state index < -0.39 is 6.04 Å². The molecule has 1 unspecified atom stereocenters. The Hall–Kier alpha value is -3.00. The number of benzene rings is 3. The van der Waals surface area contributed by atoms with Crippen molar-refractivity contribution in [3.05, 3.63) is 99.8 Å². The second kappa shape index (κ2) is 11.0. The molecule has 1 aromatic heterocycles. The van der Waals surface area contributed by atoms with Crippen molar-refractivity contribution in [2.75, 3.05) is 7.11 Å². The fourth-order valence-corrected chi connectivity index (χ4v) is 4.84. The molecule has 3 aromatic carbocycles. The van der Waals surface area contributed by atoms with Gasteiger partial charge < -0.3 is 10.1 Å². The average Bonchev–Trinajstić information content (AvgIpc) is 3.27. The van der Waals surface area contributed by atoms with Crippen LogP contribution in [0.3, 0.4) is 0 Å². The zero-order valence-electron chi connectivity index (χ0n) is 18.5. The predicted molar refractivity (Wildman–Crippen MR) is 136 cm³/mol. The molecule has 4 aromatic rings. The molecule has 6 nitrogen and oxygen atoms in total. The summed E-state index contributed by atoms with van der Waals surface area (Å²) in [5, 5.41) is 13.5. The summed E-state index contributed by atoms with van der Waals surface area (Å²) in [7, 11) is 1.53. The highest BCUT2D eigenvalue weighted by Crippen LogP contribution is 2.32. The summed E-state index contributed by atoms with van der Waals surface area (Å²) in [6, 6.07) is 21.9. The number of hydrogen-bond donors (Lipinski definition) is 1. The normalized spacial score (nSPS) is 11.8. The van der Waals surface area contributed by atoms with Crippen molar-refractivity contribution in [2.24, 2.45) is 0 Å². The van der Waals surface area contributed by atoms with Crippen LogP contribution in [0, 0.1) is 0 Å². The number of nitrogens with one attached hydrogen (secondary N) is 1. The lowest BCUT2D eigenvalue weighted by molar-refractivity contribution is 0.0935. The number of carbonyl (C=O) groups excluding carboxylic acids is 1. The van der Waals surface area contributed by atoms with Crippen LogP contribution in [0.1, 0.15) is 34.7 Å². The third-order valence-electron chi connectivity index (χ3n) is 5.11. The van der Waals surface area contributed by atoms with E-state index in [-0.39, 0.29) is 5.91 Å². The molecule has 0 aliphatic heterocycles. The molecule has 34 heavy (non-hydrogen) atoms. The smallest absolute Gasteiger partial charge is 0.255 e. The third kappa shape index (κ3) is 5.38. The highest BCUT2D eigenvalue weighted by atomic mass is 35.5. The first-order valence-corrected chi connectivity index (χ1v) is 12.2. The van der Waals surface area contributed by atoms with Gasteiger partial charge >= 0.3 is 0 Å². The van der Waals surface area contributed by atoms with Crippen LogP contribution in [0.4, 0.5) is 0 Å². The number of halogens is 2. The van der Waals surface area contributed by atoms with Crippen LogP contribution in [-0.4, -0.2) is 27.8 Å². The van der Waals surface area contributed by atoms with Crippen LogP contribution in [0.5, 0.6) is 5.75 Å². The highest BCUT2D eigenvalue weighted by molar-refractivity contribution is 7.98. The van der Waals surface area contributed by atoms with Crippen molar-refractivity contribution in [1.29, 1.82) is 0 Å². The number of nitrogens with zero attached hydrogens (tertiary/aromatic N) is 3. The van der Waals surface area contributed by atoms with E-state index >= 15 is 0 Å². The number of methoxy groups -OCH3 is 1. The van der Waals surface area contributed by atoms with Crippen LogP contribution in [0.2, 0.25) is 10.0 Å². The third-order valence-corrected chi connectivity index (χ3v) is 6.64. The van der Waals surface area contributed by atoms with Crippen molar-refractivity contribution in [3.8, 4) is 11.4 Å². The molecule has 174 valence electrons. The number of aromatic nitrogens is 3. The van der Waals surface area contributed by atoms with Crippen LogP contribution in [0.25, 0.3) is 5.69 Å². The SMILES string of the molecule is COc1ccccc1C(=O)NC(C)c1nnc(SCc2ccccc2)n1-c1ccc(Cl)cc1Cl. The Morgan fingerprint density at radius 3 is 2.53 bits per heavy atom. The van der Waals surface area contributed by atoms with Crippen molar-refractivity contribution in [2.45, 2.75) is 23.9 Å². The monoisotopic (exact) mass is 512 g/mol. The number of thioether (sulfide) groups is 1. The molecule has 4 rings (SSSR count). The van der Waals surface area contributed by atoms with Gasteiger partial charge in [0.1, 0.15) is 5.75 Å². The molecule has 0 radical (unpaired) electrons. The van der Waals surface area contributed by atoms with Crippen molar-refractivity contribution in [1.82, 2.24) is 20.1 Å². The summed E-state index contributed by atoms with van der Waals surface area (Å²) in [5.74, 6) is 1.46. The van der Waals surface area contributed by atoms with E-state index in [0.29, 0.717) is 43.8 Å². The standard InChI is InChI=1S/C25H22Cl2N4O2S/c1-16(28-24(32)19-10-6-7-11-22(19)33-2)23-29-30-25(34-15-17-8-4-3-5-9-17)31(23)21-13-12-18(26)14-20(21)27/h3-14,16H,15H2,1-2H3,(H,28,32). The van der Waals surface area contributed by atoms with E-state index in [1.165, 1.54) is 18.9 Å². The lowest BCUT2D eigenvalue weighted by Crippen LogP contribution is -2.29. The van der Waals surface area contributed by atoms with Crippen LogP contribution < -0.4 is 10.1 Å². The Kier molecular flexibility index (Phi) is 7.77. The summed E-state index contributed by atoms with van der Waals surface area (Å²) in [4.78, 5) is 13.0. The lowest BCUT2D eigenvalue weighted by Gasteiger charge is -2.18. The van der Waals surface area contributed by atoms with E-state index in [4.69, 9.17) is 27.9 Å². The summed E-state index contributed by atoms with van der Waals surface area (Å²) >= 11 is 14.2. The highest BCUT2D eigenvalue weighted by Gasteiger charge is 2.24. The van der Waals surface area contributed by atoms with E-state index in [9.17, 15) is 4.79 Å². The summed E-state index contributed by atoms with van der Waals surface area (Å²) in [6.45, 7) is 1.85. The second-order valence-electron chi connectivity index (χ2n) is 7.44. The van der Waals surface area contributed by atoms with Crippen molar-refractivity contribution >= 4 is 40.9 Å². The maximum atomic E-state index is 13.0. The van der Waals surface area contributed by atoms with E-state index in [1.807, 2.05) is 41.8 Å². The lowest BCUT2D eigenvalue weighted by atomic mass is 10.1. The van der Waals surface area contributed by atoms with Gasteiger partial charge in [0.15, 0.2) is 11.0 Å². The largest absolute Gasteiger partial charge is 0.496 e. The van der Waals surface area contributed by atoms with Crippen LogP contribution in [0.15, 0.2) is 78.0 Å². The van der Waals surface area contributed by atoms with Crippen LogP contribution in [-0.2, 0) is 5.75 Å². The molecule has 1 heterocycles. The molecule has 0 spiro atoms. The zero-order chi connectivity index (χ0) is 24.1. The molecule has 0 aliphatic carbocycles. The molecule has 0 saturated carbocycles. The Balaban J connectivity index is 1.67. The Labute approximate surface area is 212 Å². The predicted octanol–water partition coefficient (Wildman–Crippen LogP) is 6.37. The number of carbonyl (C=O) groups is 1. The fourth-order valence-electron chi connectivity index (χ4n) is 3.44. The topological polar surface area (TPSA) is 69.0 Å². The van der Waals surface area contributed by atoms with E-state index in [1.54, 1.807) is 30.3 Å². The van der Waals surface area contributed by atoms with Gasteiger partial charge in [-0.05, 0) is 42.8 Å². The molecular formula is C25H22Cl2N4O2S. The minimum absolute atomic E-state index is 0.278. The van der Waals surface area contributed by atoms with Gasteiger partial charge in [0.25, 0.3) is 5.91 Å². The quantitative estimate of drug-likeness (QED) is 0.278. The maximum absolute atomic E-state index is 13.0. The minimum Gasteiger partial charge on any atom is -0.496 e. The van der Waals surface area contributed by atoms with Gasteiger partial charge in [-0.2, -0.15) is 0 Å².